The molecule has 0 aliphatic rings. The standard InChI is InChI=1S/C13H13N5O2S/c1-8-15-9(7-21-8)4-5-14-13-16-11-3-2-10(18(19)20)6-12(11)17-13/h2-3,6-7H,4-5H2,1H3,(H2,14,16,17). The molecular formula is C13H13N5O2S. The lowest BCUT2D eigenvalue weighted by Crippen LogP contribution is -2.06. The van der Waals surface area contributed by atoms with Crippen molar-refractivity contribution in [1.29, 1.82) is 0 Å². The molecule has 0 unspecified atom stereocenters. The highest BCUT2D eigenvalue weighted by Crippen LogP contribution is 2.20. The molecule has 7 nitrogen and oxygen atoms in total. The zero-order valence-electron chi connectivity index (χ0n) is 11.3. The van der Waals surface area contributed by atoms with Crippen molar-refractivity contribution in [2.75, 3.05) is 11.9 Å². The van der Waals surface area contributed by atoms with Gasteiger partial charge in [-0.05, 0) is 13.0 Å². The quantitative estimate of drug-likeness (QED) is 0.558. The molecule has 2 aromatic heterocycles. The van der Waals surface area contributed by atoms with Crippen LogP contribution >= 0.6 is 11.3 Å². The lowest BCUT2D eigenvalue weighted by molar-refractivity contribution is -0.384. The first-order valence-corrected chi connectivity index (χ1v) is 7.29. The number of rotatable bonds is 5. The summed E-state index contributed by atoms with van der Waals surface area (Å²) in [6.07, 6.45) is 0.807. The molecule has 2 N–H and O–H groups in total. The maximum Gasteiger partial charge on any atom is 0.271 e. The lowest BCUT2D eigenvalue weighted by Gasteiger charge is -1.99. The predicted octanol–water partition coefficient (Wildman–Crippen LogP) is 2.89. The minimum atomic E-state index is -0.419. The number of fused-ring (bicyclic) bond motifs is 1. The molecule has 0 atom stereocenters. The highest BCUT2D eigenvalue weighted by molar-refractivity contribution is 7.09. The summed E-state index contributed by atoms with van der Waals surface area (Å²) >= 11 is 1.63. The van der Waals surface area contributed by atoms with E-state index < -0.39 is 4.92 Å². The number of non-ortho nitro benzene ring substituents is 1. The van der Waals surface area contributed by atoms with Gasteiger partial charge in [-0.25, -0.2) is 9.97 Å². The number of aromatic nitrogens is 3. The summed E-state index contributed by atoms with van der Waals surface area (Å²) in [5.74, 6) is 0.609. The summed E-state index contributed by atoms with van der Waals surface area (Å²) in [6.45, 7) is 2.68. The maximum atomic E-state index is 10.7. The number of hydrogen-bond acceptors (Lipinski definition) is 6. The van der Waals surface area contributed by atoms with Crippen LogP contribution < -0.4 is 5.32 Å². The molecule has 3 aromatic rings. The SMILES string of the molecule is Cc1nc(CCNc2nc3ccc([N+](=O)[O-])cc3[nH]2)cs1. The smallest absolute Gasteiger partial charge is 0.271 e. The first-order chi connectivity index (χ1) is 10.1. The summed E-state index contributed by atoms with van der Waals surface area (Å²) in [6, 6.07) is 4.57. The highest BCUT2D eigenvalue weighted by Gasteiger charge is 2.09. The topological polar surface area (TPSA) is 96.7 Å². The first-order valence-electron chi connectivity index (χ1n) is 6.41. The number of nitro benzene ring substituents is 1. The van der Waals surface area contributed by atoms with Gasteiger partial charge in [0, 0.05) is 30.5 Å². The molecule has 8 heteroatoms. The van der Waals surface area contributed by atoms with E-state index in [9.17, 15) is 10.1 Å². The van der Waals surface area contributed by atoms with Crippen LogP contribution in [0.3, 0.4) is 0 Å². The average Bonchev–Trinajstić information content (AvgIpc) is 3.03. The van der Waals surface area contributed by atoms with Gasteiger partial charge in [-0.15, -0.1) is 11.3 Å². The Bertz CT molecular complexity index is 795. The van der Waals surface area contributed by atoms with Crippen LogP contribution in [-0.2, 0) is 6.42 Å². The van der Waals surface area contributed by atoms with Crippen LogP contribution in [0.4, 0.5) is 11.6 Å². The third kappa shape index (κ3) is 3.00. The second-order valence-electron chi connectivity index (χ2n) is 4.58. The van der Waals surface area contributed by atoms with E-state index in [2.05, 4.69) is 20.3 Å². The first kappa shape index (κ1) is 13.5. The van der Waals surface area contributed by atoms with Crippen molar-refractivity contribution in [1.82, 2.24) is 15.0 Å². The number of nitrogens with zero attached hydrogens (tertiary/aromatic N) is 3. The zero-order chi connectivity index (χ0) is 14.8. The Balaban J connectivity index is 1.68. The third-order valence-corrected chi connectivity index (χ3v) is 3.84. The van der Waals surface area contributed by atoms with E-state index in [4.69, 9.17) is 0 Å². The van der Waals surface area contributed by atoms with E-state index in [0.717, 1.165) is 17.1 Å². The number of benzene rings is 1. The molecule has 3 rings (SSSR count). The van der Waals surface area contributed by atoms with Gasteiger partial charge >= 0.3 is 0 Å². The average molecular weight is 303 g/mol. The number of H-pyrrole nitrogens is 1. The normalized spacial score (nSPS) is 10.9. The van der Waals surface area contributed by atoms with Gasteiger partial charge in [0.15, 0.2) is 0 Å². The summed E-state index contributed by atoms with van der Waals surface area (Å²) in [4.78, 5) is 22.1. The van der Waals surface area contributed by atoms with Crippen LogP contribution in [0.25, 0.3) is 11.0 Å². The van der Waals surface area contributed by atoms with Gasteiger partial charge in [0.25, 0.3) is 5.69 Å². The number of thiazole rings is 1. The number of hydrogen-bond donors (Lipinski definition) is 2. The number of nitrogens with one attached hydrogen (secondary N) is 2. The molecule has 0 aliphatic carbocycles. The van der Waals surface area contributed by atoms with E-state index >= 15 is 0 Å². The van der Waals surface area contributed by atoms with Gasteiger partial charge in [0.05, 0.1) is 26.7 Å². The van der Waals surface area contributed by atoms with E-state index in [0.29, 0.717) is 23.5 Å². The van der Waals surface area contributed by atoms with Crippen molar-refractivity contribution in [3.05, 3.63) is 44.4 Å². The summed E-state index contributed by atoms with van der Waals surface area (Å²) in [7, 11) is 0. The van der Waals surface area contributed by atoms with Crippen LogP contribution in [0, 0.1) is 17.0 Å². The minimum absolute atomic E-state index is 0.0515. The van der Waals surface area contributed by atoms with Crippen LogP contribution in [0.5, 0.6) is 0 Å². The van der Waals surface area contributed by atoms with E-state index in [1.54, 1.807) is 17.4 Å². The molecule has 2 heterocycles. The summed E-state index contributed by atoms with van der Waals surface area (Å²) < 4.78 is 0. The molecule has 0 spiro atoms. The largest absolute Gasteiger partial charge is 0.355 e. The Morgan fingerprint density at radius 3 is 3.00 bits per heavy atom. The Hall–Kier alpha value is -2.48. The minimum Gasteiger partial charge on any atom is -0.355 e. The third-order valence-electron chi connectivity index (χ3n) is 3.02. The molecule has 21 heavy (non-hydrogen) atoms. The number of imidazole rings is 1. The number of nitro groups is 1. The molecule has 0 saturated carbocycles. The Kier molecular flexibility index (Phi) is 3.53. The van der Waals surface area contributed by atoms with Gasteiger partial charge in [-0.1, -0.05) is 0 Å². The summed E-state index contributed by atoms with van der Waals surface area (Å²) in [5, 5.41) is 17.0. The molecule has 0 fully saturated rings. The van der Waals surface area contributed by atoms with Crippen molar-refractivity contribution >= 4 is 34.0 Å². The zero-order valence-corrected chi connectivity index (χ0v) is 12.1. The highest BCUT2D eigenvalue weighted by atomic mass is 32.1. The van der Waals surface area contributed by atoms with Crippen LogP contribution in [0.15, 0.2) is 23.6 Å². The van der Waals surface area contributed by atoms with Crippen LogP contribution in [-0.4, -0.2) is 26.4 Å². The molecule has 108 valence electrons. The fourth-order valence-electron chi connectivity index (χ4n) is 2.03. The molecule has 0 radical (unpaired) electrons. The lowest BCUT2D eigenvalue weighted by atomic mass is 10.3. The molecule has 0 amide bonds. The second-order valence-corrected chi connectivity index (χ2v) is 5.64. The molecular weight excluding hydrogens is 290 g/mol. The van der Waals surface area contributed by atoms with E-state index in [-0.39, 0.29) is 5.69 Å². The van der Waals surface area contributed by atoms with Crippen molar-refractivity contribution in [2.45, 2.75) is 13.3 Å². The van der Waals surface area contributed by atoms with Crippen molar-refractivity contribution < 1.29 is 4.92 Å². The van der Waals surface area contributed by atoms with Gasteiger partial charge in [0.2, 0.25) is 5.95 Å². The van der Waals surface area contributed by atoms with Crippen molar-refractivity contribution in [3.8, 4) is 0 Å². The fraction of sp³-hybridized carbons (Fsp3) is 0.231. The van der Waals surface area contributed by atoms with Crippen LogP contribution in [0.1, 0.15) is 10.7 Å². The van der Waals surface area contributed by atoms with Gasteiger partial charge < -0.3 is 10.3 Å². The number of aryl methyl sites for hydroxylation is 1. The predicted molar refractivity (Wildman–Crippen MR) is 81.8 cm³/mol. The Labute approximate surface area is 124 Å². The maximum absolute atomic E-state index is 10.7. The number of aromatic amines is 1. The molecule has 0 saturated heterocycles. The Morgan fingerprint density at radius 2 is 2.29 bits per heavy atom. The van der Waals surface area contributed by atoms with Gasteiger partial charge in [-0.3, -0.25) is 10.1 Å². The van der Waals surface area contributed by atoms with Crippen molar-refractivity contribution in [3.63, 3.8) is 0 Å². The van der Waals surface area contributed by atoms with Crippen molar-refractivity contribution in [2.24, 2.45) is 0 Å². The van der Waals surface area contributed by atoms with Crippen LogP contribution in [0.2, 0.25) is 0 Å². The monoisotopic (exact) mass is 303 g/mol. The fourth-order valence-corrected chi connectivity index (χ4v) is 2.67. The van der Waals surface area contributed by atoms with Gasteiger partial charge in [0.1, 0.15) is 0 Å². The van der Waals surface area contributed by atoms with E-state index in [1.165, 1.54) is 12.1 Å². The Morgan fingerprint density at radius 1 is 1.43 bits per heavy atom. The van der Waals surface area contributed by atoms with Gasteiger partial charge in [-0.2, -0.15) is 0 Å². The second kappa shape index (κ2) is 5.49. The molecule has 0 aliphatic heterocycles. The molecule has 1 aromatic carbocycles. The van der Waals surface area contributed by atoms with E-state index in [1.807, 2.05) is 12.3 Å². The molecule has 0 bridgehead atoms. The number of anilines is 1. The summed E-state index contributed by atoms with van der Waals surface area (Å²) in [5.41, 5.74) is 2.45.